The van der Waals surface area contributed by atoms with Gasteiger partial charge in [-0.15, -0.1) is 0 Å². The summed E-state index contributed by atoms with van der Waals surface area (Å²) in [5.74, 6) is 1.44. The van der Waals surface area contributed by atoms with Gasteiger partial charge in [0.1, 0.15) is 5.75 Å². The van der Waals surface area contributed by atoms with Crippen LogP contribution in [0.1, 0.15) is 32.0 Å². The predicted molar refractivity (Wildman–Crippen MR) is 82.1 cm³/mol. The van der Waals surface area contributed by atoms with E-state index in [1.807, 2.05) is 43.3 Å². The van der Waals surface area contributed by atoms with Gasteiger partial charge in [-0.2, -0.15) is 0 Å². The minimum Gasteiger partial charge on any atom is -0.439 e. The Morgan fingerprint density at radius 2 is 1.75 bits per heavy atom. The SMILES string of the molecule is Cc1nc(Oc2ccccc2)ccc1CNC(C)(C)C. The van der Waals surface area contributed by atoms with Crippen molar-refractivity contribution in [2.45, 2.75) is 39.8 Å². The van der Waals surface area contributed by atoms with E-state index in [2.05, 4.69) is 37.1 Å². The van der Waals surface area contributed by atoms with Crippen molar-refractivity contribution in [3.63, 3.8) is 0 Å². The van der Waals surface area contributed by atoms with Crippen LogP contribution in [0.4, 0.5) is 0 Å². The zero-order chi connectivity index (χ0) is 14.6. The Morgan fingerprint density at radius 1 is 1.05 bits per heavy atom. The van der Waals surface area contributed by atoms with Gasteiger partial charge in [-0.1, -0.05) is 24.3 Å². The molecule has 0 saturated heterocycles. The molecule has 3 heteroatoms. The maximum atomic E-state index is 5.73. The Morgan fingerprint density at radius 3 is 2.35 bits per heavy atom. The number of ether oxygens (including phenoxy) is 1. The number of benzene rings is 1. The first-order chi connectivity index (χ1) is 9.44. The molecule has 2 rings (SSSR count). The molecule has 0 spiro atoms. The Labute approximate surface area is 121 Å². The Bertz CT molecular complexity index is 559. The maximum Gasteiger partial charge on any atom is 0.219 e. The van der Waals surface area contributed by atoms with Crippen LogP contribution in [0, 0.1) is 6.92 Å². The fourth-order valence-electron chi connectivity index (χ4n) is 1.78. The monoisotopic (exact) mass is 270 g/mol. The molecule has 0 aliphatic heterocycles. The maximum absolute atomic E-state index is 5.73. The molecule has 2 aromatic rings. The third-order valence-corrected chi connectivity index (χ3v) is 2.94. The minimum atomic E-state index is 0.103. The van der Waals surface area contributed by atoms with Crippen molar-refractivity contribution in [2.24, 2.45) is 0 Å². The standard InChI is InChI=1S/C17H22N2O/c1-13-14(12-18-17(2,3)4)10-11-16(19-13)20-15-8-6-5-7-9-15/h5-11,18H,12H2,1-4H3. The van der Waals surface area contributed by atoms with E-state index in [1.54, 1.807) is 0 Å². The summed E-state index contributed by atoms with van der Waals surface area (Å²) in [6.07, 6.45) is 0. The van der Waals surface area contributed by atoms with Gasteiger partial charge >= 0.3 is 0 Å². The highest BCUT2D eigenvalue weighted by Crippen LogP contribution is 2.20. The third-order valence-electron chi connectivity index (χ3n) is 2.94. The highest BCUT2D eigenvalue weighted by molar-refractivity contribution is 5.30. The molecular weight excluding hydrogens is 248 g/mol. The van der Waals surface area contributed by atoms with Crippen LogP contribution in [-0.2, 0) is 6.54 Å². The fraction of sp³-hybridized carbons (Fsp3) is 0.353. The highest BCUT2D eigenvalue weighted by Gasteiger charge is 2.10. The quantitative estimate of drug-likeness (QED) is 0.909. The van der Waals surface area contributed by atoms with Crippen molar-refractivity contribution in [3.8, 4) is 11.6 Å². The lowest BCUT2D eigenvalue weighted by molar-refractivity contribution is 0.422. The summed E-state index contributed by atoms with van der Waals surface area (Å²) in [7, 11) is 0. The van der Waals surface area contributed by atoms with Crippen molar-refractivity contribution in [3.05, 3.63) is 53.7 Å². The molecule has 0 unspecified atom stereocenters. The van der Waals surface area contributed by atoms with Crippen LogP contribution in [0.3, 0.4) is 0 Å². The van der Waals surface area contributed by atoms with Gasteiger partial charge in [0.2, 0.25) is 5.88 Å². The first kappa shape index (κ1) is 14.5. The summed E-state index contributed by atoms with van der Waals surface area (Å²) >= 11 is 0. The van der Waals surface area contributed by atoms with Gasteiger partial charge in [0.05, 0.1) is 0 Å². The average molecular weight is 270 g/mol. The van der Waals surface area contributed by atoms with E-state index in [0.717, 1.165) is 18.0 Å². The zero-order valence-corrected chi connectivity index (χ0v) is 12.6. The molecule has 1 aromatic carbocycles. The van der Waals surface area contributed by atoms with E-state index in [4.69, 9.17) is 4.74 Å². The second kappa shape index (κ2) is 6.06. The van der Waals surface area contributed by atoms with Gasteiger partial charge in [0.25, 0.3) is 0 Å². The van der Waals surface area contributed by atoms with Crippen LogP contribution in [0.5, 0.6) is 11.6 Å². The number of pyridine rings is 1. The van der Waals surface area contributed by atoms with Crippen molar-refractivity contribution in [1.29, 1.82) is 0 Å². The number of nitrogens with zero attached hydrogens (tertiary/aromatic N) is 1. The number of para-hydroxylation sites is 1. The van der Waals surface area contributed by atoms with Crippen LogP contribution in [0.15, 0.2) is 42.5 Å². The van der Waals surface area contributed by atoms with E-state index in [0.29, 0.717) is 5.88 Å². The highest BCUT2D eigenvalue weighted by atomic mass is 16.5. The van der Waals surface area contributed by atoms with Crippen molar-refractivity contribution >= 4 is 0 Å². The number of aryl methyl sites for hydroxylation is 1. The van der Waals surface area contributed by atoms with E-state index >= 15 is 0 Å². The Kier molecular flexibility index (Phi) is 4.40. The molecule has 1 aromatic heterocycles. The molecule has 0 saturated carbocycles. The zero-order valence-electron chi connectivity index (χ0n) is 12.6. The van der Waals surface area contributed by atoms with Gasteiger partial charge in [0.15, 0.2) is 0 Å². The number of nitrogens with one attached hydrogen (secondary N) is 1. The Hall–Kier alpha value is -1.87. The van der Waals surface area contributed by atoms with Crippen molar-refractivity contribution < 1.29 is 4.74 Å². The summed E-state index contributed by atoms with van der Waals surface area (Å²) in [5, 5.41) is 3.47. The van der Waals surface area contributed by atoms with Gasteiger partial charge in [-0.05, 0) is 45.4 Å². The van der Waals surface area contributed by atoms with Crippen LogP contribution >= 0.6 is 0 Å². The molecule has 1 N–H and O–H groups in total. The lowest BCUT2D eigenvalue weighted by Crippen LogP contribution is -2.35. The summed E-state index contributed by atoms with van der Waals surface area (Å²) in [6.45, 7) is 9.29. The van der Waals surface area contributed by atoms with Gasteiger partial charge in [-0.3, -0.25) is 0 Å². The van der Waals surface area contributed by atoms with Crippen LogP contribution in [0.2, 0.25) is 0 Å². The number of hydrogen-bond acceptors (Lipinski definition) is 3. The summed E-state index contributed by atoms with van der Waals surface area (Å²) in [6, 6.07) is 13.7. The smallest absolute Gasteiger partial charge is 0.219 e. The molecule has 0 aliphatic rings. The number of aromatic nitrogens is 1. The molecule has 0 atom stereocenters. The molecule has 20 heavy (non-hydrogen) atoms. The number of hydrogen-bond donors (Lipinski definition) is 1. The Balaban J connectivity index is 2.06. The lowest BCUT2D eigenvalue weighted by atomic mass is 10.1. The molecule has 106 valence electrons. The van der Waals surface area contributed by atoms with E-state index in [9.17, 15) is 0 Å². The van der Waals surface area contributed by atoms with E-state index in [-0.39, 0.29) is 5.54 Å². The molecule has 0 amide bonds. The van der Waals surface area contributed by atoms with E-state index < -0.39 is 0 Å². The first-order valence-electron chi connectivity index (χ1n) is 6.88. The van der Waals surface area contributed by atoms with E-state index in [1.165, 1.54) is 5.56 Å². The molecular formula is C17H22N2O. The second-order valence-electron chi connectivity index (χ2n) is 5.91. The molecule has 0 aliphatic carbocycles. The summed E-state index contributed by atoms with van der Waals surface area (Å²) < 4.78 is 5.73. The molecule has 1 heterocycles. The van der Waals surface area contributed by atoms with Crippen LogP contribution in [-0.4, -0.2) is 10.5 Å². The normalized spacial score (nSPS) is 11.4. The van der Waals surface area contributed by atoms with Crippen LogP contribution in [0.25, 0.3) is 0 Å². The predicted octanol–water partition coefficient (Wildman–Crippen LogP) is 4.07. The van der Waals surface area contributed by atoms with Crippen LogP contribution < -0.4 is 10.1 Å². The molecule has 0 bridgehead atoms. The van der Waals surface area contributed by atoms with Crippen molar-refractivity contribution in [2.75, 3.05) is 0 Å². The molecule has 0 radical (unpaired) electrons. The van der Waals surface area contributed by atoms with Gasteiger partial charge < -0.3 is 10.1 Å². The largest absolute Gasteiger partial charge is 0.439 e. The second-order valence-corrected chi connectivity index (χ2v) is 5.91. The minimum absolute atomic E-state index is 0.103. The third kappa shape index (κ3) is 4.35. The molecule has 3 nitrogen and oxygen atoms in total. The van der Waals surface area contributed by atoms with Gasteiger partial charge in [0, 0.05) is 23.8 Å². The number of rotatable bonds is 4. The van der Waals surface area contributed by atoms with Crippen molar-refractivity contribution in [1.82, 2.24) is 10.3 Å². The fourth-order valence-corrected chi connectivity index (χ4v) is 1.78. The topological polar surface area (TPSA) is 34.1 Å². The molecule has 0 fully saturated rings. The van der Waals surface area contributed by atoms with Gasteiger partial charge in [-0.25, -0.2) is 4.98 Å². The summed E-state index contributed by atoms with van der Waals surface area (Å²) in [5.41, 5.74) is 2.29. The average Bonchev–Trinajstić information content (AvgIpc) is 2.38. The lowest BCUT2D eigenvalue weighted by Gasteiger charge is -2.21. The summed E-state index contributed by atoms with van der Waals surface area (Å²) in [4.78, 5) is 4.51. The first-order valence-corrected chi connectivity index (χ1v) is 6.88.